The van der Waals surface area contributed by atoms with Gasteiger partial charge in [0, 0.05) is 35.7 Å². The Balaban J connectivity index is 2.15. The number of nitrogens with zero attached hydrogens (tertiary/aromatic N) is 2. The maximum absolute atomic E-state index is 11.4. The van der Waals surface area contributed by atoms with Crippen molar-refractivity contribution in [2.75, 3.05) is 18.9 Å². The van der Waals surface area contributed by atoms with Gasteiger partial charge in [0.2, 0.25) is 5.91 Å². The molecule has 1 aromatic carbocycles. The molecule has 0 bridgehead atoms. The zero-order chi connectivity index (χ0) is 14.0. The van der Waals surface area contributed by atoms with Crippen molar-refractivity contribution < 1.29 is 9.72 Å². The summed E-state index contributed by atoms with van der Waals surface area (Å²) in [5.74, 6) is 0.121. The third-order valence-electron chi connectivity index (χ3n) is 3.14. The van der Waals surface area contributed by atoms with Crippen molar-refractivity contribution in [1.29, 1.82) is 0 Å². The molecule has 6 nitrogen and oxygen atoms in total. The fraction of sp³-hybridized carbons (Fsp3) is 0.417. The van der Waals surface area contributed by atoms with Gasteiger partial charge in [-0.05, 0) is 41.1 Å². The first-order valence-corrected chi connectivity index (χ1v) is 6.99. The smallest absolute Gasteiger partial charge is 0.293 e. The number of hydrogen-bond acceptors (Lipinski definition) is 4. The molecule has 7 heteroatoms. The number of anilines is 1. The van der Waals surface area contributed by atoms with Gasteiger partial charge in [0.15, 0.2) is 0 Å². The Hall–Kier alpha value is -1.38. The van der Waals surface area contributed by atoms with Crippen molar-refractivity contribution in [3.63, 3.8) is 0 Å². The van der Waals surface area contributed by atoms with Crippen LogP contribution < -0.4 is 5.32 Å². The van der Waals surface area contributed by atoms with E-state index in [2.05, 4.69) is 5.32 Å². The molecule has 1 heterocycles. The Morgan fingerprint density at radius 3 is 2.89 bits per heavy atom. The van der Waals surface area contributed by atoms with Crippen LogP contribution in [0.1, 0.15) is 12.8 Å². The summed E-state index contributed by atoms with van der Waals surface area (Å²) in [6.45, 7) is 0.571. The van der Waals surface area contributed by atoms with E-state index in [1.807, 2.05) is 28.7 Å². The van der Waals surface area contributed by atoms with Gasteiger partial charge in [-0.25, -0.2) is 0 Å². The van der Waals surface area contributed by atoms with E-state index in [9.17, 15) is 14.9 Å². The second-order valence-electron chi connectivity index (χ2n) is 4.57. The molecule has 2 rings (SSSR count). The molecule has 1 unspecified atom stereocenters. The first-order valence-electron chi connectivity index (χ1n) is 5.92. The van der Waals surface area contributed by atoms with Crippen molar-refractivity contribution in [3.8, 4) is 0 Å². The molecule has 1 N–H and O–H groups in total. The van der Waals surface area contributed by atoms with Crippen LogP contribution in [0, 0.1) is 13.7 Å². The highest BCUT2D eigenvalue weighted by molar-refractivity contribution is 14.1. The fourth-order valence-electron chi connectivity index (χ4n) is 2.13. The van der Waals surface area contributed by atoms with Gasteiger partial charge in [-0.2, -0.15) is 0 Å². The molecule has 1 aromatic rings. The second kappa shape index (κ2) is 5.72. The molecule has 0 radical (unpaired) electrons. The quantitative estimate of drug-likeness (QED) is 0.500. The minimum Gasteiger partial charge on any atom is -0.375 e. The molecule has 0 aliphatic carbocycles. The Morgan fingerprint density at radius 2 is 2.26 bits per heavy atom. The van der Waals surface area contributed by atoms with Crippen molar-refractivity contribution in [3.05, 3.63) is 31.9 Å². The van der Waals surface area contributed by atoms with E-state index in [0.717, 1.165) is 3.57 Å². The number of halogens is 1. The summed E-state index contributed by atoms with van der Waals surface area (Å²) < 4.78 is 0.825. The van der Waals surface area contributed by atoms with Gasteiger partial charge in [0.05, 0.1) is 4.92 Å². The lowest BCUT2D eigenvalue weighted by atomic mass is 10.1. The molecule has 1 amide bonds. The number of amides is 1. The van der Waals surface area contributed by atoms with Crippen molar-refractivity contribution >= 4 is 39.9 Å². The Morgan fingerprint density at radius 1 is 1.53 bits per heavy atom. The summed E-state index contributed by atoms with van der Waals surface area (Å²) in [5.41, 5.74) is 0.588. The van der Waals surface area contributed by atoms with Crippen LogP contribution in [0.2, 0.25) is 0 Å². The average molecular weight is 375 g/mol. The normalized spacial score (nSPS) is 19.4. The third-order valence-corrected chi connectivity index (χ3v) is 3.81. The maximum atomic E-state index is 11.4. The van der Waals surface area contributed by atoms with E-state index >= 15 is 0 Å². The molecule has 1 fully saturated rings. The molecule has 102 valence electrons. The summed E-state index contributed by atoms with van der Waals surface area (Å²) in [6, 6.07) is 5.14. The van der Waals surface area contributed by atoms with E-state index in [4.69, 9.17) is 0 Å². The van der Waals surface area contributed by atoms with Crippen LogP contribution in [-0.2, 0) is 4.79 Å². The topological polar surface area (TPSA) is 75.5 Å². The molecular weight excluding hydrogens is 361 g/mol. The highest BCUT2D eigenvalue weighted by Crippen LogP contribution is 2.28. The van der Waals surface area contributed by atoms with Gasteiger partial charge < -0.3 is 10.2 Å². The van der Waals surface area contributed by atoms with Gasteiger partial charge in [-0.1, -0.05) is 0 Å². The van der Waals surface area contributed by atoms with Gasteiger partial charge in [-0.15, -0.1) is 0 Å². The number of nitro benzene ring substituents is 1. The first-order chi connectivity index (χ1) is 8.97. The van der Waals surface area contributed by atoms with E-state index < -0.39 is 0 Å². The highest BCUT2D eigenvalue weighted by Gasteiger charge is 2.24. The molecule has 0 spiro atoms. The Kier molecular flexibility index (Phi) is 4.23. The zero-order valence-corrected chi connectivity index (χ0v) is 12.6. The number of carbonyl (C=O) groups is 1. The summed E-state index contributed by atoms with van der Waals surface area (Å²) in [6.07, 6.45) is 1.18. The van der Waals surface area contributed by atoms with Gasteiger partial charge >= 0.3 is 0 Å². The van der Waals surface area contributed by atoms with Crippen LogP contribution in [0.25, 0.3) is 0 Å². The molecule has 1 saturated heterocycles. The van der Waals surface area contributed by atoms with Crippen LogP contribution in [0.5, 0.6) is 0 Å². The Labute approximate surface area is 124 Å². The number of rotatable bonds is 3. The zero-order valence-electron chi connectivity index (χ0n) is 10.4. The third kappa shape index (κ3) is 3.34. The first kappa shape index (κ1) is 14.0. The number of carbonyl (C=O) groups excluding carboxylic acids is 1. The number of benzene rings is 1. The minimum absolute atomic E-state index is 0.0569. The predicted molar refractivity (Wildman–Crippen MR) is 80.1 cm³/mol. The monoisotopic (exact) mass is 375 g/mol. The molecule has 1 atom stereocenters. The lowest BCUT2D eigenvalue weighted by Gasteiger charge is -2.30. The largest absolute Gasteiger partial charge is 0.375 e. The number of nitrogens with one attached hydrogen (secondary N) is 1. The highest BCUT2D eigenvalue weighted by atomic mass is 127. The summed E-state index contributed by atoms with van der Waals surface area (Å²) in [5, 5.41) is 14.2. The van der Waals surface area contributed by atoms with Gasteiger partial charge in [0.25, 0.3) is 5.69 Å². The molecule has 19 heavy (non-hydrogen) atoms. The average Bonchev–Trinajstić information content (AvgIpc) is 2.36. The number of hydrogen-bond donors (Lipinski definition) is 1. The SMILES string of the molecule is CN1CC(Nc2ccc(I)cc2[N+](=O)[O-])CCC1=O. The predicted octanol–water partition coefficient (Wildman–Crippen LogP) is 2.23. The van der Waals surface area contributed by atoms with E-state index in [1.165, 1.54) is 0 Å². The van der Waals surface area contributed by atoms with Crippen molar-refractivity contribution in [2.24, 2.45) is 0 Å². The van der Waals surface area contributed by atoms with Crippen LogP contribution in [-0.4, -0.2) is 35.4 Å². The van der Waals surface area contributed by atoms with Gasteiger partial charge in [0.1, 0.15) is 5.69 Å². The van der Waals surface area contributed by atoms with Gasteiger partial charge in [-0.3, -0.25) is 14.9 Å². The van der Waals surface area contributed by atoms with Crippen LogP contribution in [0.15, 0.2) is 18.2 Å². The standard InChI is InChI=1S/C12H14IN3O3/c1-15-7-9(3-5-12(15)17)14-10-4-2-8(13)6-11(10)16(18)19/h2,4,6,9,14H,3,5,7H2,1H3. The fourth-order valence-corrected chi connectivity index (χ4v) is 2.60. The number of likely N-dealkylation sites (tertiary alicyclic amines) is 1. The summed E-state index contributed by atoms with van der Waals surface area (Å²) in [7, 11) is 1.75. The van der Waals surface area contributed by atoms with Crippen molar-refractivity contribution in [2.45, 2.75) is 18.9 Å². The number of nitro groups is 1. The van der Waals surface area contributed by atoms with Crippen molar-refractivity contribution in [1.82, 2.24) is 4.90 Å². The van der Waals surface area contributed by atoms with Crippen LogP contribution >= 0.6 is 22.6 Å². The summed E-state index contributed by atoms with van der Waals surface area (Å²) in [4.78, 5) is 23.7. The molecule has 1 aliphatic heterocycles. The lowest BCUT2D eigenvalue weighted by molar-refractivity contribution is -0.384. The Bertz CT molecular complexity index is 521. The number of likely N-dealkylation sites (N-methyl/N-ethyl adjacent to an activating group) is 1. The lowest BCUT2D eigenvalue weighted by Crippen LogP contribution is -2.43. The molecule has 1 aliphatic rings. The summed E-state index contributed by atoms with van der Waals surface area (Å²) >= 11 is 2.05. The van der Waals surface area contributed by atoms with Crippen LogP contribution in [0.3, 0.4) is 0 Å². The second-order valence-corrected chi connectivity index (χ2v) is 5.82. The molecular formula is C12H14IN3O3. The van der Waals surface area contributed by atoms with E-state index in [1.54, 1.807) is 24.1 Å². The van der Waals surface area contributed by atoms with Crippen LogP contribution in [0.4, 0.5) is 11.4 Å². The number of piperidine rings is 1. The van der Waals surface area contributed by atoms with E-state index in [0.29, 0.717) is 25.1 Å². The van der Waals surface area contributed by atoms with E-state index in [-0.39, 0.29) is 22.6 Å². The minimum atomic E-state index is -0.387. The molecule has 0 aromatic heterocycles. The maximum Gasteiger partial charge on any atom is 0.293 e. The molecule has 0 saturated carbocycles.